The minimum absolute atomic E-state index is 0.123. The van der Waals surface area contributed by atoms with Crippen molar-refractivity contribution in [3.05, 3.63) is 29.1 Å². The molecule has 0 aromatic heterocycles. The average Bonchev–Trinajstić information content (AvgIpc) is 2.32. The van der Waals surface area contributed by atoms with E-state index in [0.29, 0.717) is 12.7 Å². The van der Waals surface area contributed by atoms with Gasteiger partial charge in [0.25, 0.3) is 10.1 Å². The molecule has 0 unspecified atom stereocenters. The van der Waals surface area contributed by atoms with Crippen LogP contribution in [-0.2, 0) is 10.1 Å². The third-order valence-electron chi connectivity index (χ3n) is 1.76. The molecule has 0 saturated heterocycles. The van der Waals surface area contributed by atoms with Crippen molar-refractivity contribution in [1.29, 1.82) is 0 Å². The molecule has 0 aliphatic rings. The molecule has 1 aromatic rings. The van der Waals surface area contributed by atoms with Gasteiger partial charge < -0.3 is 5.32 Å². The van der Waals surface area contributed by atoms with Crippen LogP contribution >= 0.6 is 0 Å². The van der Waals surface area contributed by atoms with Gasteiger partial charge in [0.1, 0.15) is 5.69 Å². The SMILES string of the molecule is CCCNc1c(F)c(F)c(F)c(F)c1F.CS(=O)(=O)O. The Balaban J connectivity index is 0.000000621. The molecule has 0 radical (unpaired) electrons. The van der Waals surface area contributed by atoms with E-state index in [1.165, 1.54) is 0 Å². The molecule has 2 N–H and O–H groups in total. The van der Waals surface area contributed by atoms with Gasteiger partial charge in [-0.2, -0.15) is 8.42 Å². The van der Waals surface area contributed by atoms with Crippen molar-refractivity contribution >= 4 is 15.8 Å². The first-order valence-corrected chi connectivity index (χ1v) is 7.03. The third kappa shape index (κ3) is 5.70. The second-order valence-electron chi connectivity index (χ2n) is 3.60. The molecule has 0 atom stereocenters. The third-order valence-corrected chi connectivity index (χ3v) is 1.76. The second kappa shape index (κ2) is 7.39. The molecule has 4 nitrogen and oxygen atoms in total. The molecule has 0 heterocycles. The van der Waals surface area contributed by atoms with Crippen LogP contribution in [0.4, 0.5) is 27.6 Å². The fraction of sp³-hybridized carbons (Fsp3) is 0.400. The van der Waals surface area contributed by atoms with E-state index in [1.54, 1.807) is 6.92 Å². The highest BCUT2D eigenvalue weighted by Crippen LogP contribution is 2.26. The highest BCUT2D eigenvalue weighted by Gasteiger charge is 2.25. The monoisotopic (exact) mass is 321 g/mol. The van der Waals surface area contributed by atoms with E-state index >= 15 is 0 Å². The van der Waals surface area contributed by atoms with E-state index in [0.717, 1.165) is 0 Å². The molecule has 0 aliphatic carbocycles. The van der Waals surface area contributed by atoms with Crippen LogP contribution in [0.15, 0.2) is 0 Å². The smallest absolute Gasteiger partial charge is 0.261 e. The zero-order valence-corrected chi connectivity index (χ0v) is 11.3. The van der Waals surface area contributed by atoms with Crippen LogP contribution in [0, 0.1) is 29.1 Å². The summed E-state index contributed by atoms with van der Waals surface area (Å²) in [6, 6.07) is 0. The highest BCUT2D eigenvalue weighted by molar-refractivity contribution is 7.85. The summed E-state index contributed by atoms with van der Waals surface area (Å²) in [6.07, 6.45) is 1.21. The fourth-order valence-electron chi connectivity index (χ4n) is 1.01. The predicted molar refractivity (Wildman–Crippen MR) is 62.5 cm³/mol. The Bertz CT molecular complexity index is 540. The summed E-state index contributed by atoms with van der Waals surface area (Å²) in [6.45, 7) is 1.82. The maximum Gasteiger partial charge on any atom is 0.261 e. The van der Waals surface area contributed by atoms with Gasteiger partial charge in [-0.15, -0.1) is 0 Å². The van der Waals surface area contributed by atoms with E-state index in [1.807, 2.05) is 0 Å². The highest BCUT2D eigenvalue weighted by atomic mass is 32.2. The van der Waals surface area contributed by atoms with Gasteiger partial charge in [0.05, 0.1) is 6.26 Å². The molecule has 116 valence electrons. The van der Waals surface area contributed by atoms with Gasteiger partial charge in [-0.3, -0.25) is 4.55 Å². The molecule has 20 heavy (non-hydrogen) atoms. The standard InChI is InChI=1S/C9H8F5N.CH4O3S/c1-2-3-15-9-7(13)5(11)4(10)6(12)8(9)14;1-5(2,3)4/h15H,2-3H2,1H3;1H3,(H,2,3,4). The Kier molecular flexibility index (Phi) is 6.86. The van der Waals surface area contributed by atoms with Crippen LogP contribution in [0.1, 0.15) is 13.3 Å². The van der Waals surface area contributed by atoms with Crippen molar-refractivity contribution in [2.75, 3.05) is 18.1 Å². The molecule has 0 aliphatic heterocycles. The van der Waals surface area contributed by atoms with Crippen LogP contribution in [0.5, 0.6) is 0 Å². The van der Waals surface area contributed by atoms with Crippen molar-refractivity contribution in [2.24, 2.45) is 0 Å². The molecule has 0 bridgehead atoms. The fourth-order valence-corrected chi connectivity index (χ4v) is 1.01. The topological polar surface area (TPSA) is 66.4 Å². The van der Waals surface area contributed by atoms with Gasteiger partial charge in [0.15, 0.2) is 23.3 Å². The number of nitrogens with one attached hydrogen (secondary N) is 1. The van der Waals surface area contributed by atoms with E-state index in [2.05, 4.69) is 5.32 Å². The number of benzene rings is 1. The normalized spacial score (nSPS) is 10.8. The van der Waals surface area contributed by atoms with Crippen LogP contribution in [0.25, 0.3) is 0 Å². The quantitative estimate of drug-likeness (QED) is 0.389. The summed E-state index contributed by atoms with van der Waals surface area (Å²) >= 11 is 0. The van der Waals surface area contributed by atoms with E-state index < -0.39 is 44.9 Å². The molecule has 0 saturated carbocycles. The minimum atomic E-state index is -3.67. The molecule has 0 fully saturated rings. The predicted octanol–water partition coefficient (Wildman–Crippen LogP) is 2.71. The van der Waals surface area contributed by atoms with Gasteiger partial charge in [-0.05, 0) is 6.42 Å². The summed E-state index contributed by atoms with van der Waals surface area (Å²) in [5.41, 5.74) is -0.978. The summed E-state index contributed by atoms with van der Waals surface area (Å²) < 4.78 is 89.6. The lowest BCUT2D eigenvalue weighted by Gasteiger charge is -2.09. The number of hydrogen-bond donors (Lipinski definition) is 2. The maximum atomic E-state index is 12.9. The largest absolute Gasteiger partial charge is 0.380 e. The zero-order chi connectivity index (χ0) is 16.1. The lowest BCUT2D eigenvalue weighted by molar-refractivity contribution is 0.381. The number of rotatable bonds is 3. The molecule has 0 amide bonds. The van der Waals surface area contributed by atoms with Crippen molar-refractivity contribution in [3.8, 4) is 0 Å². The first kappa shape index (κ1) is 18.6. The number of anilines is 1. The number of hydrogen-bond acceptors (Lipinski definition) is 3. The minimum Gasteiger partial charge on any atom is -0.380 e. The molecular weight excluding hydrogens is 309 g/mol. The summed E-state index contributed by atoms with van der Waals surface area (Å²) in [5.74, 6) is -9.69. The lowest BCUT2D eigenvalue weighted by atomic mass is 10.2. The Morgan fingerprint density at radius 1 is 0.950 bits per heavy atom. The van der Waals surface area contributed by atoms with E-state index in [9.17, 15) is 30.4 Å². The van der Waals surface area contributed by atoms with Gasteiger partial charge in [0, 0.05) is 6.54 Å². The van der Waals surface area contributed by atoms with Crippen molar-refractivity contribution in [3.63, 3.8) is 0 Å². The van der Waals surface area contributed by atoms with Crippen LogP contribution in [0.2, 0.25) is 0 Å². The average molecular weight is 321 g/mol. The molecule has 10 heteroatoms. The Morgan fingerprint density at radius 3 is 1.55 bits per heavy atom. The van der Waals surface area contributed by atoms with Crippen molar-refractivity contribution in [2.45, 2.75) is 13.3 Å². The Labute approximate surface area is 112 Å². The Morgan fingerprint density at radius 2 is 1.25 bits per heavy atom. The molecular formula is C10H12F5NO3S. The molecule has 1 rings (SSSR count). The summed E-state index contributed by atoms with van der Waals surface area (Å²) in [4.78, 5) is 0. The van der Waals surface area contributed by atoms with Crippen molar-refractivity contribution < 1.29 is 34.9 Å². The van der Waals surface area contributed by atoms with Crippen LogP contribution in [0.3, 0.4) is 0 Å². The summed E-state index contributed by atoms with van der Waals surface area (Å²) in [5, 5.41) is 2.14. The number of halogens is 5. The van der Waals surface area contributed by atoms with Gasteiger partial charge in [0.2, 0.25) is 5.82 Å². The molecule has 1 aromatic carbocycles. The van der Waals surface area contributed by atoms with Gasteiger partial charge in [-0.25, -0.2) is 22.0 Å². The second-order valence-corrected chi connectivity index (χ2v) is 5.07. The first-order chi connectivity index (χ1) is 9.00. The van der Waals surface area contributed by atoms with E-state index in [-0.39, 0.29) is 6.54 Å². The lowest BCUT2D eigenvalue weighted by Crippen LogP contribution is -2.10. The van der Waals surface area contributed by atoms with Gasteiger partial charge >= 0.3 is 0 Å². The van der Waals surface area contributed by atoms with Crippen LogP contribution < -0.4 is 5.32 Å². The van der Waals surface area contributed by atoms with E-state index in [4.69, 9.17) is 4.55 Å². The maximum absolute atomic E-state index is 12.9. The van der Waals surface area contributed by atoms with Crippen molar-refractivity contribution in [1.82, 2.24) is 0 Å². The first-order valence-electron chi connectivity index (χ1n) is 5.18. The van der Waals surface area contributed by atoms with Crippen LogP contribution in [-0.4, -0.2) is 25.8 Å². The Hall–Kier alpha value is -1.42. The summed E-state index contributed by atoms with van der Waals surface area (Å²) in [7, 11) is -3.67. The zero-order valence-electron chi connectivity index (χ0n) is 10.5. The van der Waals surface area contributed by atoms with Gasteiger partial charge in [-0.1, -0.05) is 6.92 Å². The molecule has 0 spiro atoms.